The van der Waals surface area contributed by atoms with Gasteiger partial charge in [-0.2, -0.15) is 13.2 Å². The van der Waals surface area contributed by atoms with Crippen molar-refractivity contribution in [2.24, 2.45) is 5.92 Å². The molecule has 1 saturated carbocycles. The highest BCUT2D eigenvalue weighted by Gasteiger charge is 2.43. The first kappa shape index (κ1) is 26.6. The summed E-state index contributed by atoms with van der Waals surface area (Å²) in [6, 6.07) is 9.98. The molecule has 11 heteroatoms. The second kappa shape index (κ2) is 10.9. The minimum atomic E-state index is -4.94. The van der Waals surface area contributed by atoms with Crippen LogP contribution in [0.15, 0.2) is 36.4 Å². The predicted octanol–water partition coefficient (Wildman–Crippen LogP) is 5.78. The van der Waals surface area contributed by atoms with Crippen LogP contribution in [0.2, 0.25) is 10.0 Å². The number of carbonyl (C=O) groups is 2. The molecule has 1 amide bonds. The maximum Gasteiger partial charge on any atom is 0.471 e. The van der Waals surface area contributed by atoms with E-state index in [9.17, 15) is 22.8 Å². The minimum Gasteiger partial charge on any atom is -0.464 e. The van der Waals surface area contributed by atoms with Crippen molar-refractivity contribution in [2.45, 2.75) is 38.4 Å². The molecule has 1 fully saturated rings. The third-order valence-corrected chi connectivity index (χ3v) is 6.79. The molecule has 2 aromatic carbocycles. The Hall–Kier alpha value is -2.49. The zero-order valence-corrected chi connectivity index (χ0v) is 21.1. The predicted molar refractivity (Wildman–Crippen MR) is 132 cm³/mol. The van der Waals surface area contributed by atoms with Crippen LogP contribution in [0.4, 0.5) is 18.9 Å². The second-order valence-corrected chi connectivity index (χ2v) is 9.67. The molecule has 6 nitrogen and oxygen atoms in total. The summed E-state index contributed by atoms with van der Waals surface area (Å²) >= 11 is 12.6. The molecular weight excluding hydrogens is 518 g/mol. The van der Waals surface area contributed by atoms with E-state index in [0.29, 0.717) is 34.7 Å². The Morgan fingerprint density at radius 1 is 1.14 bits per heavy atom. The Morgan fingerprint density at radius 3 is 2.53 bits per heavy atom. The Labute approximate surface area is 217 Å². The van der Waals surface area contributed by atoms with Gasteiger partial charge in [-0.1, -0.05) is 54.4 Å². The number of likely N-dealkylation sites (N-methyl/N-ethyl adjacent to an activating group) is 1. The zero-order chi connectivity index (χ0) is 26.0. The van der Waals surface area contributed by atoms with Gasteiger partial charge in [0.15, 0.2) is 6.04 Å². The molecule has 0 aromatic heterocycles. The minimum absolute atomic E-state index is 0.178. The Balaban J connectivity index is 1.66. The summed E-state index contributed by atoms with van der Waals surface area (Å²) in [5.41, 5.74) is 2.90. The van der Waals surface area contributed by atoms with E-state index in [-0.39, 0.29) is 25.5 Å². The van der Waals surface area contributed by atoms with Crippen molar-refractivity contribution in [3.63, 3.8) is 0 Å². The lowest BCUT2D eigenvalue weighted by atomic mass is 9.97. The van der Waals surface area contributed by atoms with E-state index < -0.39 is 18.1 Å². The van der Waals surface area contributed by atoms with Crippen LogP contribution in [0.3, 0.4) is 0 Å². The third kappa shape index (κ3) is 5.74. The number of halogens is 5. The standard InChI is InChI=1S/C25H26Cl2F3N3O3/c1-2-32-22(23(34)36-14-15-7-8-15)19-6-3-5-18(17-10-9-16(26)13-20(17)27)21(19)33(32)12-4-11-31-24(35)25(28,29)30/h3,5-6,9-10,13,15,22H,2,4,7-8,11-12,14H2,1H3,(H,31,35). The summed E-state index contributed by atoms with van der Waals surface area (Å²) in [4.78, 5) is 24.4. The Kier molecular flexibility index (Phi) is 8.02. The van der Waals surface area contributed by atoms with E-state index in [1.807, 2.05) is 40.5 Å². The van der Waals surface area contributed by atoms with Crippen molar-refractivity contribution in [3.05, 3.63) is 52.0 Å². The van der Waals surface area contributed by atoms with Crippen LogP contribution >= 0.6 is 23.2 Å². The smallest absolute Gasteiger partial charge is 0.464 e. The average molecular weight is 544 g/mol. The first-order chi connectivity index (χ1) is 17.1. The number of nitrogens with zero attached hydrogens (tertiary/aromatic N) is 2. The number of amides is 1. The van der Waals surface area contributed by atoms with Gasteiger partial charge in [-0.05, 0) is 37.3 Å². The number of benzene rings is 2. The van der Waals surface area contributed by atoms with Crippen LogP contribution in [-0.2, 0) is 14.3 Å². The van der Waals surface area contributed by atoms with Crippen LogP contribution in [0.1, 0.15) is 37.8 Å². The molecule has 1 atom stereocenters. The number of rotatable bonds is 9. The Morgan fingerprint density at radius 2 is 1.89 bits per heavy atom. The molecule has 1 heterocycles. The van der Waals surface area contributed by atoms with Crippen molar-refractivity contribution < 1.29 is 27.5 Å². The lowest BCUT2D eigenvalue weighted by molar-refractivity contribution is -0.173. The summed E-state index contributed by atoms with van der Waals surface area (Å²) in [6.45, 7) is 2.78. The first-order valence-electron chi connectivity index (χ1n) is 11.8. The molecular formula is C25H26Cl2F3N3O3. The topological polar surface area (TPSA) is 61.9 Å². The van der Waals surface area contributed by atoms with Gasteiger partial charge in [-0.15, -0.1) is 0 Å². The van der Waals surface area contributed by atoms with Crippen molar-refractivity contribution in [1.29, 1.82) is 0 Å². The molecule has 2 aromatic rings. The van der Waals surface area contributed by atoms with Crippen molar-refractivity contribution in [1.82, 2.24) is 10.3 Å². The number of hydrogen-bond donors (Lipinski definition) is 1. The summed E-state index contributed by atoms with van der Waals surface area (Å²) in [7, 11) is 0. The number of fused-ring (bicyclic) bond motifs is 1. The normalized spacial score (nSPS) is 17.7. The number of hydrogen-bond acceptors (Lipinski definition) is 5. The number of anilines is 1. The van der Waals surface area contributed by atoms with Crippen LogP contribution in [-0.4, -0.2) is 49.3 Å². The highest BCUT2D eigenvalue weighted by molar-refractivity contribution is 6.36. The van der Waals surface area contributed by atoms with Gasteiger partial charge in [0.2, 0.25) is 0 Å². The van der Waals surface area contributed by atoms with E-state index in [1.165, 1.54) is 0 Å². The van der Waals surface area contributed by atoms with E-state index in [2.05, 4.69) is 0 Å². The van der Waals surface area contributed by atoms with Crippen LogP contribution in [0, 0.1) is 5.92 Å². The first-order valence-corrected chi connectivity index (χ1v) is 12.5. The van der Waals surface area contributed by atoms with Crippen molar-refractivity contribution in [2.75, 3.05) is 31.3 Å². The number of nitrogens with one attached hydrogen (secondary N) is 1. The van der Waals surface area contributed by atoms with Gasteiger partial charge in [-0.25, -0.2) is 9.80 Å². The molecule has 4 rings (SSSR count). The SMILES string of the molecule is CCN1C(C(=O)OCC2CC2)c2cccc(-c3ccc(Cl)cc3Cl)c2N1CCCNC(=O)C(F)(F)F. The molecule has 194 valence electrons. The molecule has 0 saturated heterocycles. The highest BCUT2D eigenvalue weighted by atomic mass is 35.5. The van der Waals surface area contributed by atoms with Gasteiger partial charge in [0.1, 0.15) is 0 Å². The molecule has 1 unspecified atom stereocenters. The zero-order valence-electron chi connectivity index (χ0n) is 19.6. The largest absolute Gasteiger partial charge is 0.471 e. The van der Waals surface area contributed by atoms with Gasteiger partial charge in [0.05, 0.1) is 12.3 Å². The summed E-state index contributed by atoms with van der Waals surface area (Å²) < 4.78 is 43.3. The number of esters is 1. The molecule has 1 aliphatic heterocycles. The molecule has 1 N–H and O–H groups in total. The summed E-state index contributed by atoms with van der Waals surface area (Å²) in [5, 5.41) is 6.53. The average Bonchev–Trinajstić information content (AvgIpc) is 3.60. The number of ether oxygens (including phenoxy) is 1. The maximum absolute atomic E-state index is 13.2. The van der Waals surface area contributed by atoms with Gasteiger partial charge in [0.25, 0.3) is 0 Å². The van der Waals surface area contributed by atoms with Crippen molar-refractivity contribution >= 4 is 40.8 Å². The van der Waals surface area contributed by atoms with Gasteiger partial charge in [-0.3, -0.25) is 4.79 Å². The molecule has 0 spiro atoms. The molecule has 1 aliphatic carbocycles. The fraction of sp³-hybridized carbons (Fsp3) is 0.440. The molecule has 0 radical (unpaired) electrons. The molecule has 36 heavy (non-hydrogen) atoms. The Bertz CT molecular complexity index is 1140. The molecule has 2 aliphatic rings. The number of carbonyl (C=O) groups excluding carboxylic acids is 2. The summed E-state index contributed by atoms with van der Waals surface area (Å²) in [5.74, 6) is -1.96. The van der Waals surface area contributed by atoms with Gasteiger partial charge in [0, 0.05) is 46.4 Å². The van der Waals surface area contributed by atoms with E-state index >= 15 is 0 Å². The van der Waals surface area contributed by atoms with Crippen LogP contribution < -0.4 is 10.3 Å². The third-order valence-electron chi connectivity index (χ3n) is 6.24. The number of hydrazine groups is 1. The van der Waals surface area contributed by atoms with Crippen LogP contribution in [0.25, 0.3) is 11.1 Å². The highest BCUT2D eigenvalue weighted by Crippen LogP contribution is 2.48. The van der Waals surface area contributed by atoms with E-state index in [1.54, 1.807) is 18.2 Å². The van der Waals surface area contributed by atoms with Crippen molar-refractivity contribution in [3.8, 4) is 11.1 Å². The van der Waals surface area contributed by atoms with E-state index in [0.717, 1.165) is 29.7 Å². The number of para-hydroxylation sites is 1. The number of alkyl halides is 3. The fourth-order valence-corrected chi connectivity index (χ4v) is 4.87. The lowest BCUT2D eigenvalue weighted by Gasteiger charge is -2.33. The van der Waals surface area contributed by atoms with E-state index in [4.69, 9.17) is 27.9 Å². The maximum atomic E-state index is 13.2. The monoisotopic (exact) mass is 543 g/mol. The fourth-order valence-electron chi connectivity index (χ4n) is 4.36. The van der Waals surface area contributed by atoms with Gasteiger partial charge < -0.3 is 15.1 Å². The summed E-state index contributed by atoms with van der Waals surface area (Å²) in [6.07, 6.45) is -2.64. The molecule has 0 bridgehead atoms. The lowest BCUT2D eigenvalue weighted by Crippen LogP contribution is -2.44. The quantitative estimate of drug-likeness (QED) is 0.321. The van der Waals surface area contributed by atoms with Crippen LogP contribution in [0.5, 0.6) is 0 Å². The second-order valence-electron chi connectivity index (χ2n) is 8.83. The van der Waals surface area contributed by atoms with Gasteiger partial charge >= 0.3 is 18.1 Å².